The van der Waals surface area contributed by atoms with Crippen molar-refractivity contribution < 1.29 is 9.53 Å². The molecule has 1 aliphatic rings. The number of anilines is 1. The molecule has 3 nitrogen and oxygen atoms in total. The Kier molecular flexibility index (Phi) is 5.78. The number of β-lactam (4-membered cyclic amide) rings is 1. The van der Waals surface area contributed by atoms with E-state index in [1.54, 1.807) is 0 Å². The number of nitrogens with zero attached hydrogens (tertiary/aromatic N) is 1. The lowest BCUT2D eigenvalue weighted by Crippen LogP contribution is -2.46. The first-order valence-electron chi connectivity index (χ1n) is 10.6. The maximum Gasteiger partial charge on any atom is 0.230 e. The van der Waals surface area contributed by atoms with Crippen LogP contribution in [0.15, 0.2) is 108 Å². The molecule has 0 spiro atoms. The second-order valence-electron chi connectivity index (χ2n) is 7.85. The quantitative estimate of drug-likeness (QED) is 0.272. The molecule has 4 aromatic rings. The fraction of sp³-hybridized carbons (Fsp3) is 0.107. The number of ether oxygens (including phenoxy) is 1. The average molecular weight is 484 g/mol. The van der Waals surface area contributed by atoms with Crippen LogP contribution in [0, 0.1) is 0 Å². The van der Waals surface area contributed by atoms with Gasteiger partial charge in [-0.05, 0) is 41.0 Å². The first-order chi connectivity index (χ1) is 15.7. The van der Waals surface area contributed by atoms with Crippen molar-refractivity contribution in [1.82, 2.24) is 0 Å². The number of hydrogen-bond acceptors (Lipinski definition) is 2. The second-order valence-corrected chi connectivity index (χ2v) is 8.77. The summed E-state index contributed by atoms with van der Waals surface area (Å²) in [7, 11) is 0. The van der Waals surface area contributed by atoms with Crippen molar-refractivity contribution >= 4 is 27.5 Å². The van der Waals surface area contributed by atoms with E-state index in [0.29, 0.717) is 13.0 Å². The van der Waals surface area contributed by atoms with Gasteiger partial charge in [-0.25, -0.2) is 0 Å². The van der Waals surface area contributed by atoms with E-state index < -0.39 is 0 Å². The second kappa shape index (κ2) is 9.01. The summed E-state index contributed by atoms with van der Waals surface area (Å²) < 4.78 is 7.14. The third-order valence-electron chi connectivity index (χ3n) is 5.77. The molecule has 5 rings (SSSR count). The van der Waals surface area contributed by atoms with E-state index in [1.165, 1.54) is 0 Å². The zero-order chi connectivity index (χ0) is 21.9. The van der Waals surface area contributed by atoms with Crippen molar-refractivity contribution in [3.8, 4) is 16.9 Å². The predicted octanol–water partition coefficient (Wildman–Crippen LogP) is 7.17. The number of hydrogen-bond donors (Lipinski definition) is 0. The van der Waals surface area contributed by atoms with E-state index in [2.05, 4.69) is 40.2 Å². The Hall–Kier alpha value is -3.37. The summed E-state index contributed by atoms with van der Waals surface area (Å²) >= 11 is 3.55. The highest BCUT2D eigenvalue weighted by molar-refractivity contribution is 9.10. The van der Waals surface area contributed by atoms with Crippen molar-refractivity contribution in [3.05, 3.63) is 119 Å². The first-order valence-corrected chi connectivity index (χ1v) is 11.4. The van der Waals surface area contributed by atoms with Gasteiger partial charge in [-0.1, -0.05) is 94.8 Å². The van der Waals surface area contributed by atoms with Crippen molar-refractivity contribution in [2.75, 3.05) is 4.90 Å². The molecule has 1 fully saturated rings. The highest BCUT2D eigenvalue weighted by atomic mass is 79.9. The fourth-order valence-corrected chi connectivity index (χ4v) is 4.42. The highest BCUT2D eigenvalue weighted by Crippen LogP contribution is 2.43. The van der Waals surface area contributed by atoms with E-state index in [9.17, 15) is 4.79 Å². The van der Waals surface area contributed by atoms with E-state index in [1.807, 2.05) is 83.8 Å². The van der Waals surface area contributed by atoms with Gasteiger partial charge in [0.25, 0.3) is 0 Å². The van der Waals surface area contributed by atoms with E-state index in [-0.39, 0.29) is 11.9 Å². The molecule has 158 valence electrons. The molecule has 0 saturated carbocycles. The summed E-state index contributed by atoms with van der Waals surface area (Å²) in [5.41, 5.74) is 5.33. The summed E-state index contributed by atoms with van der Waals surface area (Å²) in [6.45, 7) is 0.483. The van der Waals surface area contributed by atoms with E-state index >= 15 is 0 Å². The molecule has 0 N–H and O–H groups in total. The number of carbonyl (C=O) groups excluding carboxylic acids is 1. The molecule has 1 atom stereocenters. The number of rotatable bonds is 6. The van der Waals surface area contributed by atoms with Crippen LogP contribution in [0.1, 0.15) is 23.6 Å². The van der Waals surface area contributed by atoms with Crippen LogP contribution < -0.4 is 9.64 Å². The molecule has 32 heavy (non-hydrogen) atoms. The number of amides is 1. The van der Waals surface area contributed by atoms with Crippen molar-refractivity contribution in [2.24, 2.45) is 0 Å². The molecular formula is C28H22BrNO2. The van der Waals surface area contributed by atoms with Crippen molar-refractivity contribution in [3.63, 3.8) is 0 Å². The molecular weight excluding hydrogens is 462 g/mol. The monoisotopic (exact) mass is 483 g/mol. The molecule has 1 heterocycles. The van der Waals surface area contributed by atoms with Crippen LogP contribution in [0.3, 0.4) is 0 Å². The number of halogens is 1. The van der Waals surface area contributed by atoms with Gasteiger partial charge in [-0.2, -0.15) is 0 Å². The van der Waals surface area contributed by atoms with Gasteiger partial charge < -0.3 is 9.64 Å². The van der Waals surface area contributed by atoms with Crippen LogP contribution >= 0.6 is 15.9 Å². The van der Waals surface area contributed by atoms with Gasteiger partial charge in [0.05, 0.1) is 12.5 Å². The fourth-order valence-electron chi connectivity index (χ4n) is 4.08. The van der Waals surface area contributed by atoms with Crippen LogP contribution in [0.5, 0.6) is 5.75 Å². The van der Waals surface area contributed by atoms with E-state index in [4.69, 9.17) is 4.74 Å². The average Bonchev–Trinajstić information content (AvgIpc) is 2.83. The molecule has 1 unspecified atom stereocenters. The smallest absolute Gasteiger partial charge is 0.230 e. The maximum absolute atomic E-state index is 12.6. The maximum atomic E-state index is 12.6. The Morgan fingerprint density at radius 1 is 0.812 bits per heavy atom. The molecule has 0 aliphatic carbocycles. The molecule has 0 aromatic heterocycles. The van der Waals surface area contributed by atoms with Crippen molar-refractivity contribution in [1.29, 1.82) is 0 Å². The van der Waals surface area contributed by atoms with Gasteiger partial charge in [0, 0.05) is 15.7 Å². The van der Waals surface area contributed by atoms with Crippen LogP contribution in [0.2, 0.25) is 0 Å². The lowest BCUT2D eigenvalue weighted by molar-refractivity contribution is -0.124. The third-order valence-corrected chi connectivity index (χ3v) is 6.27. The summed E-state index contributed by atoms with van der Waals surface area (Å²) in [6, 6.07) is 34.5. The molecule has 4 aromatic carbocycles. The summed E-state index contributed by atoms with van der Waals surface area (Å²) in [4.78, 5) is 14.5. The minimum Gasteiger partial charge on any atom is -0.489 e. The highest BCUT2D eigenvalue weighted by Gasteiger charge is 2.39. The van der Waals surface area contributed by atoms with Gasteiger partial charge in [-0.3, -0.25) is 4.79 Å². The Labute approximate surface area is 196 Å². The predicted molar refractivity (Wildman–Crippen MR) is 132 cm³/mol. The largest absolute Gasteiger partial charge is 0.489 e. The topological polar surface area (TPSA) is 29.5 Å². The minimum atomic E-state index is -0.0380. The molecule has 4 heteroatoms. The first kappa shape index (κ1) is 20.5. The normalized spacial score (nSPS) is 15.3. The van der Waals surface area contributed by atoms with Gasteiger partial charge in [0.15, 0.2) is 0 Å². The Morgan fingerprint density at radius 2 is 1.47 bits per heavy atom. The molecule has 0 bridgehead atoms. The van der Waals surface area contributed by atoms with Crippen LogP contribution in [0.4, 0.5) is 5.69 Å². The number of carbonyl (C=O) groups is 1. The molecule has 0 radical (unpaired) electrons. The lowest BCUT2D eigenvalue weighted by Gasteiger charge is -2.41. The molecule has 1 saturated heterocycles. The van der Waals surface area contributed by atoms with Crippen molar-refractivity contribution in [2.45, 2.75) is 19.1 Å². The van der Waals surface area contributed by atoms with Crippen LogP contribution in [-0.4, -0.2) is 5.91 Å². The Bertz CT molecular complexity index is 1220. The summed E-state index contributed by atoms with van der Waals surface area (Å²) in [6.07, 6.45) is 0.476. The summed E-state index contributed by atoms with van der Waals surface area (Å²) in [5.74, 6) is 0.922. The van der Waals surface area contributed by atoms with Gasteiger partial charge in [-0.15, -0.1) is 0 Å². The molecule has 1 aliphatic heterocycles. The zero-order valence-electron chi connectivity index (χ0n) is 17.4. The molecule has 1 amide bonds. The number of benzene rings is 4. The third kappa shape index (κ3) is 4.19. The van der Waals surface area contributed by atoms with Gasteiger partial charge >= 0.3 is 0 Å². The summed E-state index contributed by atoms with van der Waals surface area (Å²) in [5, 5.41) is 0. The van der Waals surface area contributed by atoms with Crippen LogP contribution in [0.25, 0.3) is 11.1 Å². The zero-order valence-corrected chi connectivity index (χ0v) is 19.0. The SMILES string of the molecule is O=C1CC(c2ccc(Br)cc2OCc2ccccc2)N1c1ccc(-c2ccccc2)cc1. The Balaban J connectivity index is 1.40. The standard InChI is InChI=1S/C28H22BrNO2/c29-23-13-16-25(27(17-23)32-19-20-7-3-1-4-8-20)26-18-28(31)30(26)24-14-11-22(12-15-24)21-9-5-2-6-10-21/h1-17,26H,18-19H2. The van der Waals surface area contributed by atoms with Crippen LogP contribution in [-0.2, 0) is 11.4 Å². The van der Waals surface area contributed by atoms with Gasteiger partial charge in [0.2, 0.25) is 5.91 Å². The lowest BCUT2D eigenvalue weighted by atomic mass is 9.92. The van der Waals surface area contributed by atoms with Gasteiger partial charge in [0.1, 0.15) is 12.4 Å². The Morgan fingerprint density at radius 3 is 2.16 bits per heavy atom. The minimum absolute atomic E-state index is 0.0380. The van der Waals surface area contributed by atoms with E-state index in [0.717, 1.165) is 38.2 Å².